The second kappa shape index (κ2) is 13.5. The molecule has 2 atom stereocenters. The Morgan fingerprint density at radius 3 is 2.48 bits per heavy atom. The van der Waals surface area contributed by atoms with Crippen LogP contribution in [0.1, 0.15) is 54.4 Å². The van der Waals surface area contributed by atoms with Gasteiger partial charge in [-0.2, -0.15) is 0 Å². The van der Waals surface area contributed by atoms with Crippen LogP contribution in [0.4, 0.5) is 4.79 Å². The molecule has 29 heavy (non-hydrogen) atoms. The highest BCUT2D eigenvalue weighted by molar-refractivity contribution is 14.0. The summed E-state index contributed by atoms with van der Waals surface area (Å²) in [5, 5.41) is 6.54. The van der Waals surface area contributed by atoms with Crippen LogP contribution >= 0.6 is 24.0 Å². The van der Waals surface area contributed by atoms with Crippen LogP contribution in [-0.2, 0) is 4.74 Å². The number of halogens is 1. The van der Waals surface area contributed by atoms with Gasteiger partial charge in [0.2, 0.25) is 0 Å². The molecule has 0 radical (unpaired) electrons. The number of rotatable bonds is 8. The third-order valence-corrected chi connectivity index (χ3v) is 5.22. The van der Waals surface area contributed by atoms with Gasteiger partial charge >= 0.3 is 6.09 Å². The van der Waals surface area contributed by atoms with E-state index in [0.29, 0.717) is 11.8 Å². The van der Waals surface area contributed by atoms with E-state index in [4.69, 9.17) is 4.74 Å². The molecule has 0 aliphatic carbocycles. The standard InChI is InChI=1S/C21H43N5O2.HI/c1-9-26-13-10-17(15-26)14-23-19(22-7)25(8)12-11-18(16(2)3)24-20(27)28-21(4,5)6;/h16-18H,9-15H2,1-8H3,(H,22,23)(H,24,27);1H. The maximum absolute atomic E-state index is 12.1. The van der Waals surface area contributed by atoms with E-state index in [2.05, 4.69) is 46.2 Å². The van der Waals surface area contributed by atoms with Crippen molar-refractivity contribution in [2.24, 2.45) is 16.8 Å². The molecule has 1 saturated heterocycles. The van der Waals surface area contributed by atoms with E-state index < -0.39 is 5.60 Å². The molecule has 0 bridgehead atoms. The second-order valence-corrected chi connectivity index (χ2v) is 9.18. The second-order valence-electron chi connectivity index (χ2n) is 9.18. The van der Waals surface area contributed by atoms with Gasteiger partial charge in [-0.05, 0) is 58.5 Å². The van der Waals surface area contributed by atoms with Gasteiger partial charge in [0, 0.05) is 39.8 Å². The molecule has 1 rings (SSSR count). The molecule has 0 aromatic heterocycles. The van der Waals surface area contributed by atoms with Gasteiger partial charge in [-0.1, -0.05) is 20.8 Å². The van der Waals surface area contributed by atoms with Crippen molar-refractivity contribution in [3.8, 4) is 0 Å². The quantitative estimate of drug-likeness (QED) is 0.289. The van der Waals surface area contributed by atoms with Gasteiger partial charge in [0.15, 0.2) is 5.96 Å². The van der Waals surface area contributed by atoms with Gasteiger partial charge in [-0.3, -0.25) is 4.99 Å². The molecule has 172 valence electrons. The Morgan fingerprint density at radius 1 is 1.34 bits per heavy atom. The normalized spacial score (nSPS) is 18.9. The summed E-state index contributed by atoms with van der Waals surface area (Å²) in [5.74, 6) is 1.92. The number of hydrogen-bond acceptors (Lipinski definition) is 4. The van der Waals surface area contributed by atoms with Crippen molar-refractivity contribution in [3.05, 3.63) is 0 Å². The first-order valence-corrected chi connectivity index (χ1v) is 10.7. The number of likely N-dealkylation sites (tertiary alicyclic amines) is 1. The van der Waals surface area contributed by atoms with E-state index in [-0.39, 0.29) is 36.1 Å². The van der Waals surface area contributed by atoms with Crippen molar-refractivity contribution >= 4 is 36.0 Å². The van der Waals surface area contributed by atoms with E-state index in [9.17, 15) is 4.79 Å². The fourth-order valence-electron chi connectivity index (χ4n) is 3.46. The largest absolute Gasteiger partial charge is 0.444 e. The minimum atomic E-state index is -0.484. The first kappa shape index (κ1) is 28.2. The minimum Gasteiger partial charge on any atom is -0.444 e. The topological polar surface area (TPSA) is 69.2 Å². The zero-order valence-corrected chi connectivity index (χ0v) is 22.1. The number of guanidine groups is 1. The Kier molecular flexibility index (Phi) is 13.2. The number of nitrogens with zero attached hydrogens (tertiary/aromatic N) is 3. The molecule has 1 amide bonds. The molecule has 0 spiro atoms. The minimum absolute atomic E-state index is 0. The molecule has 1 aliphatic heterocycles. The summed E-state index contributed by atoms with van der Waals surface area (Å²) in [6.07, 6.45) is 1.73. The van der Waals surface area contributed by atoms with Gasteiger partial charge in [-0.15, -0.1) is 24.0 Å². The van der Waals surface area contributed by atoms with Gasteiger partial charge in [0.25, 0.3) is 0 Å². The summed E-state index contributed by atoms with van der Waals surface area (Å²) >= 11 is 0. The van der Waals surface area contributed by atoms with Crippen molar-refractivity contribution in [1.29, 1.82) is 0 Å². The average Bonchev–Trinajstić information content (AvgIpc) is 3.05. The number of ether oxygens (including phenoxy) is 1. The molecule has 2 N–H and O–H groups in total. The molecule has 7 nitrogen and oxygen atoms in total. The van der Waals surface area contributed by atoms with Crippen molar-refractivity contribution < 1.29 is 9.53 Å². The lowest BCUT2D eigenvalue weighted by Gasteiger charge is -2.29. The molecule has 1 aliphatic rings. The Hall–Kier alpha value is -0.770. The van der Waals surface area contributed by atoms with Crippen LogP contribution in [0.15, 0.2) is 4.99 Å². The van der Waals surface area contributed by atoms with E-state index in [0.717, 1.165) is 32.0 Å². The van der Waals surface area contributed by atoms with Gasteiger partial charge in [0.1, 0.15) is 5.60 Å². The van der Waals surface area contributed by atoms with Crippen LogP contribution in [0, 0.1) is 11.8 Å². The SMILES string of the molecule is CCN1CCC(CNC(=NC)N(C)CCC(NC(=O)OC(C)(C)C)C(C)C)C1.I. The summed E-state index contributed by atoms with van der Waals surface area (Å²) in [7, 11) is 3.87. The number of aliphatic imine (C=N–C) groups is 1. The van der Waals surface area contributed by atoms with Gasteiger partial charge in [0.05, 0.1) is 0 Å². The predicted octanol–water partition coefficient (Wildman–Crippen LogP) is 3.39. The van der Waals surface area contributed by atoms with Gasteiger partial charge < -0.3 is 25.2 Å². The highest BCUT2D eigenvalue weighted by atomic mass is 127. The highest BCUT2D eigenvalue weighted by Crippen LogP contribution is 2.15. The molecule has 1 heterocycles. The summed E-state index contributed by atoms with van der Waals surface area (Å²) < 4.78 is 5.40. The third kappa shape index (κ3) is 11.3. The fourth-order valence-corrected chi connectivity index (χ4v) is 3.46. The molecule has 1 fully saturated rings. The number of nitrogens with one attached hydrogen (secondary N) is 2. The first-order chi connectivity index (χ1) is 13.1. The molecule has 0 aromatic rings. The Bertz CT molecular complexity index is 508. The number of hydrogen-bond donors (Lipinski definition) is 2. The smallest absolute Gasteiger partial charge is 0.407 e. The maximum atomic E-state index is 12.1. The van der Waals surface area contributed by atoms with E-state index in [1.165, 1.54) is 19.5 Å². The lowest BCUT2D eigenvalue weighted by molar-refractivity contribution is 0.0486. The Balaban J connectivity index is 0.00000784. The van der Waals surface area contributed by atoms with Crippen LogP contribution in [0.5, 0.6) is 0 Å². The predicted molar refractivity (Wildman–Crippen MR) is 132 cm³/mol. The zero-order chi connectivity index (χ0) is 21.3. The van der Waals surface area contributed by atoms with E-state index in [1.807, 2.05) is 34.9 Å². The molecular formula is C21H44IN5O2. The summed E-state index contributed by atoms with van der Waals surface area (Å²) in [5.41, 5.74) is -0.484. The van der Waals surface area contributed by atoms with Gasteiger partial charge in [-0.25, -0.2) is 4.79 Å². The molecule has 0 aromatic carbocycles. The molecule has 2 unspecified atom stereocenters. The highest BCUT2D eigenvalue weighted by Gasteiger charge is 2.23. The fraction of sp³-hybridized carbons (Fsp3) is 0.905. The molecule has 0 saturated carbocycles. The summed E-state index contributed by atoms with van der Waals surface area (Å²) in [6.45, 7) is 17.4. The lowest BCUT2D eigenvalue weighted by Crippen LogP contribution is -2.46. The average molecular weight is 526 g/mol. The van der Waals surface area contributed by atoms with Crippen LogP contribution in [0.25, 0.3) is 0 Å². The van der Waals surface area contributed by atoms with E-state index in [1.54, 1.807) is 0 Å². The molecule has 8 heteroatoms. The Morgan fingerprint density at radius 2 is 2.00 bits per heavy atom. The van der Waals surface area contributed by atoms with E-state index >= 15 is 0 Å². The van der Waals surface area contributed by atoms with Crippen LogP contribution in [0.3, 0.4) is 0 Å². The van der Waals surface area contributed by atoms with Crippen molar-refractivity contribution in [3.63, 3.8) is 0 Å². The zero-order valence-electron chi connectivity index (χ0n) is 19.7. The number of carbonyl (C=O) groups is 1. The lowest BCUT2D eigenvalue weighted by atomic mass is 10.0. The first-order valence-electron chi connectivity index (χ1n) is 10.7. The van der Waals surface area contributed by atoms with Crippen LogP contribution < -0.4 is 10.6 Å². The van der Waals surface area contributed by atoms with Crippen LogP contribution in [0.2, 0.25) is 0 Å². The number of alkyl carbamates (subject to hydrolysis) is 1. The van der Waals surface area contributed by atoms with Crippen molar-refractivity contribution in [1.82, 2.24) is 20.4 Å². The van der Waals surface area contributed by atoms with Crippen molar-refractivity contribution in [2.75, 3.05) is 46.8 Å². The Labute approximate surface area is 195 Å². The number of carbonyl (C=O) groups excluding carboxylic acids is 1. The third-order valence-electron chi connectivity index (χ3n) is 5.22. The molecular weight excluding hydrogens is 481 g/mol. The van der Waals surface area contributed by atoms with Crippen molar-refractivity contribution in [2.45, 2.75) is 66.0 Å². The monoisotopic (exact) mass is 525 g/mol. The summed E-state index contributed by atoms with van der Waals surface area (Å²) in [4.78, 5) is 21.2. The summed E-state index contributed by atoms with van der Waals surface area (Å²) in [6, 6.07) is 0.0587. The maximum Gasteiger partial charge on any atom is 0.407 e. The van der Waals surface area contributed by atoms with Crippen LogP contribution in [-0.4, -0.2) is 80.3 Å². The number of amides is 1.